The van der Waals surface area contributed by atoms with Gasteiger partial charge in [0.15, 0.2) is 0 Å². The summed E-state index contributed by atoms with van der Waals surface area (Å²) < 4.78 is 31.1. The standard InChI is InChI=1S/C10H16N2O4S/c1-10(2,3)16-9(13)11-17(14,15)12-7-5-4-6-8-12/h4-7H,8H2,1-3H3,(H,11,13). The Kier molecular flexibility index (Phi) is 3.82. The number of carbonyl (C=O) groups is 1. The Labute approximate surface area is 101 Å². The third-order valence-corrected chi connectivity index (χ3v) is 3.02. The average Bonchev–Trinajstić information content (AvgIpc) is 2.15. The van der Waals surface area contributed by atoms with E-state index in [0.29, 0.717) is 0 Å². The second kappa shape index (κ2) is 4.79. The minimum atomic E-state index is -3.88. The highest BCUT2D eigenvalue weighted by atomic mass is 32.2. The summed E-state index contributed by atoms with van der Waals surface area (Å²) in [6, 6.07) is 0. The van der Waals surface area contributed by atoms with Crippen LogP contribution in [0.1, 0.15) is 20.8 Å². The molecule has 0 bridgehead atoms. The zero-order chi connectivity index (χ0) is 13.1. The molecule has 1 aliphatic rings. The van der Waals surface area contributed by atoms with Crippen molar-refractivity contribution in [2.45, 2.75) is 26.4 Å². The van der Waals surface area contributed by atoms with E-state index in [1.165, 1.54) is 6.20 Å². The maximum atomic E-state index is 11.7. The molecule has 1 heterocycles. The summed E-state index contributed by atoms with van der Waals surface area (Å²) in [6.45, 7) is 5.16. The second-order valence-electron chi connectivity index (χ2n) is 4.45. The number of amides is 1. The Hall–Kier alpha value is -1.50. The number of allylic oxidation sites excluding steroid dienone is 2. The first-order valence-corrected chi connectivity index (χ1v) is 6.51. The first-order valence-electron chi connectivity index (χ1n) is 5.07. The molecule has 0 aromatic heterocycles. The van der Waals surface area contributed by atoms with Crippen molar-refractivity contribution >= 4 is 16.3 Å². The number of nitrogens with one attached hydrogen (secondary N) is 1. The molecule has 96 valence electrons. The number of carbonyl (C=O) groups excluding carboxylic acids is 1. The van der Waals surface area contributed by atoms with Crippen LogP contribution in [0.5, 0.6) is 0 Å². The van der Waals surface area contributed by atoms with Gasteiger partial charge in [-0.1, -0.05) is 12.2 Å². The van der Waals surface area contributed by atoms with Crippen LogP contribution in [0.15, 0.2) is 24.4 Å². The molecule has 0 aliphatic carbocycles. The van der Waals surface area contributed by atoms with Gasteiger partial charge in [0.1, 0.15) is 5.60 Å². The van der Waals surface area contributed by atoms with E-state index in [-0.39, 0.29) is 6.54 Å². The van der Waals surface area contributed by atoms with Gasteiger partial charge in [-0.3, -0.25) is 4.31 Å². The number of ether oxygens (including phenoxy) is 1. The van der Waals surface area contributed by atoms with Gasteiger partial charge in [0.25, 0.3) is 0 Å². The van der Waals surface area contributed by atoms with Crippen molar-refractivity contribution in [1.82, 2.24) is 9.03 Å². The van der Waals surface area contributed by atoms with E-state index in [2.05, 4.69) is 0 Å². The quantitative estimate of drug-likeness (QED) is 0.808. The van der Waals surface area contributed by atoms with Crippen molar-refractivity contribution in [3.8, 4) is 0 Å². The molecule has 0 fully saturated rings. The molecule has 1 N–H and O–H groups in total. The average molecular weight is 260 g/mol. The van der Waals surface area contributed by atoms with E-state index >= 15 is 0 Å². The van der Waals surface area contributed by atoms with Crippen LogP contribution >= 0.6 is 0 Å². The summed E-state index contributed by atoms with van der Waals surface area (Å²) >= 11 is 0. The van der Waals surface area contributed by atoms with E-state index in [1.807, 2.05) is 4.72 Å². The fourth-order valence-electron chi connectivity index (χ4n) is 1.09. The SMILES string of the molecule is CC(C)(C)OC(=O)NS(=O)(=O)N1C=CC=CC1. The van der Waals surface area contributed by atoms with Gasteiger partial charge in [0.05, 0.1) is 6.54 Å². The highest BCUT2D eigenvalue weighted by molar-refractivity contribution is 7.87. The van der Waals surface area contributed by atoms with Crippen molar-refractivity contribution in [3.63, 3.8) is 0 Å². The van der Waals surface area contributed by atoms with Crippen molar-refractivity contribution in [2.24, 2.45) is 0 Å². The monoisotopic (exact) mass is 260 g/mol. The molecule has 0 aromatic rings. The van der Waals surface area contributed by atoms with Gasteiger partial charge >= 0.3 is 16.3 Å². The molecule has 0 aromatic carbocycles. The van der Waals surface area contributed by atoms with E-state index < -0.39 is 21.9 Å². The zero-order valence-electron chi connectivity index (χ0n) is 10.0. The minimum absolute atomic E-state index is 0.189. The van der Waals surface area contributed by atoms with Gasteiger partial charge in [0.2, 0.25) is 0 Å². The van der Waals surface area contributed by atoms with E-state index in [4.69, 9.17) is 4.74 Å². The van der Waals surface area contributed by atoms with Crippen LogP contribution in [0.3, 0.4) is 0 Å². The summed E-state index contributed by atoms with van der Waals surface area (Å²) in [5, 5.41) is 0. The molecule has 0 unspecified atom stereocenters. The molecule has 6 nitrogen and oxygen atoms in total. The first-order chi connectivity index (χ1) is 7.71. The predicted molar refractivity (Wildman–Crippen MR) is 63.3 cm³/mol. The Morgan fingerprint density at radius 3 is 2.47 bits per heavy atom. The van der Waals surface area contributed by atoms with Gasteiger partial charge in [-0.05, 0) is 26.8 Å². The molecular formula is C10H16N2O4S. The van der Waals surface area contributed by atoms with Crippen LogP contribution in [0.25, 0.3) is 0 Å². The Morgan fingerprint density at radius 1 is 1.35 bits per heavy atom. The van der Waals surface area contributed by atoms with Gasteiger partial charge in [0, 0.05) is 6.20 Å². The number of nitrogens with zero attached hydrogens (tertiary/aromatic N) is 1. The first kappa shape index (κ1) is 13.6. The molecule has 0 saturated heterocycles. The maximum absolute atomic E-state index is 11.7. The summed E-state index contributed by atoms with van der Waals surface area (Å²) in [5.41, 5.74) is -0.739. The number of rotatable bonds is 2. The lowest BCUT2D eigenvalue weighted by Gasteiger charge is -2.23. The Bertz CT molecular complexity index is 445. The largest absolute Gasteiger partial charge is 0.443 e. The molecule has 0 radical (unpaired) electrons. The van der Waals surface area contributed by atoms with Gasteiger partial charge in [-0.25, -0.2) is 9.52 Å². The topological polar surface area (TPSA) is 75.7 Å². The van der Waals surface area contributed by atoms with Crippen molar-refractivity contribution in [3.05, 3.63) is 24.4 Å². The molecule has 0 saturated carbocycles. The Balaban J connectivity index is 2.64. The van der Waals surface area contributed by atoms with Crippen LogP contribution in [0, 0.1) is 0 Å². The predicted octanol–water partition coefficient (Wildman–Crippen LogP) is 1.14. The lowest BCUT2D eigenvalue weighted by molar-refractivity contribution is 0.0568. The fourth-order valence-corrected chi connectivity index (χ4v) is 1.97. The molecule has 7 heteroatoms. The van der Waals surface area contributed by atoms with Crippen molar-refractivity contribution in [2.75, 3.05) is 6.54 Å². The van der Waals surface area contributed by atoms with E-state index in [9.17, 15) is 13.2 Å². The Morgan fingerprint density at radius 2 is 2.00 bits per heavy atom. The minimum Gasteiger partial charge on any atom is -0.443 e. The van der Waals surface area contributed by atoms with Crippen LogP contribution in [0.4, 0.5) is 4.79 Å². The highest BCUT2D eigenvalue weighted by Gasteiger charge is 2.24. The number of hydrogen-bond donors (Lipinski definition) is 1. The van der Waals surface area contributed by atoms with E-state index in [1.54, 1.807) is 39.0 Å². The molecule has 1 rings (SSSR count). The van der Waals surface area contributed by atoms with Crippen LogP contribution < -0.4 is 4.72 Å². The molecular weight excluding hydrogens is 244 g/mol. The molecule has 1 amide bonds. The van der Waals surface area contributed by atoms with Crippen molar-refractivity contribution < 1.29 is 17.9 Å². The molecule has 1 aliphatic heterocycles. The summed E-state index contributed by atoms with van der Waals surface area (Å²) in [4.78, 5) is 11.3. The zero-order valence-corrected chi connectivity index (χ0v) is 10.8. The van der Waals surface area contributed by atoms with Crippen LogP contribution in [0.2, 0.25) is 0 Å². The van der Waals surface area contributed by atoms with E-state index in [0.717, 1.165) is 4.31 Å². The van der Waals surface area contributed by atoms with Gasteiger partial charge in [-0.15, -0.1) is 0 Å². The summed E-state index contributed by atoms with van der Waals surface area (Å²) in [6.07, 6.45) is 5.33. The molecule has 17 heavy (non-hydrogen) atoms. The van der Waals surface area contributed by atoms with Crippen molar-refractivity contribution in [1.29, 1.82) is 0 Å². The normalized spacial score (nSPS) is 15.8. The lowest BCUT2D eigenvalue weighted by atomic mass is 10.2. The van der Waals surface area contributed by atoms with Crippen LogP contribution in [-0.4, -0.2) is 31.0 Å². The number of hydrogen-bond acceptors (Lipinski definition) is 4. The van der Waals surface area contributed by atoms with Gasteiger partial charge in [-0.2, -0.15) is 8.42 Å². The smallest absolute Gasteiger partial charge is 0.422 e. The highest BCUT2D eigenvalue weighted by Crippen LogP contribution is 2.09. The second-order valence-corrected chi connectivity index (χ2v) is 6.07. The fraction of sp³-hybridized carbons (Fsp3) is 0.500. The van der Waals surface area contributed by atoms with Crippen LogP contribution in [-0.2, 0) is 14.9 Å². The summed E-state index contributed by atoms with van der Waals surface area (Å²) in [7, 11) is -3.88. The maximum Gasteiger partial charge on any atom is 0.422 e. The molecule has 0 spiro atoms. The third-order valence-electron chi connectivity index (χ3n) is 1.70. The molecule has 0 atom stereocenters. The lowest BCUT2D eigenvalue weighted by Crippen LogP contribution is -2.43. The summed E-state index contributed by atoms with van der Waals surface area (Å²) in [5.74, 6) is 0. The third kappa shape index (κ3) is 4.48. The van der Waals surface area contributed by atoms with Gasteiger partial charge < -0.3 is 4.74 Å².